The summed E-state index contributed by atoms with van der Waals surface area (Å²) in [5.41, 5.74) is -1.46. The number of benzene rings is 2. The number of hydrogen-bond acceptors (Lipinski definition) is 16. The quantitative estimate of drug-likeness (QED) is 0.0215. The highest BCUT2D eigenvalue weighted by Gasteiger charge is 2.53. The predicted octanol–water partition coefficient (Wildman–Crippen LogP) is 16.4. The Bertz CT molecular complexity index is 2310. The SMILES string of the molecule is CCCCCCCCCCCCCC=C[C@@H](OC(=O)c1ccccc1)[C@H](CO[C@H]1O[C@H](COCC(=O)OC(C)(C)C)[C@H](OCC(=O)OC(C)(C)C)[C@H](OC(=O)c2ccccc2)[C@H]1OC(=O)OCC(Cl)(Cl)Cl)NC(=O)CCCCCCCCCCCCCCC. The van der Waals surface area contributed by atoms with Crippen LogP contribution in [0.3, 0.4) is 0 Å². The molecule has 1 amide bonds. The average Bonchev–Trinajstić information content (AvgIpc) is 1.76. The van der Waals surface area contributed by atoms with Crippen molar-refractivity contribution in [3.63, 3.8) is 0 Å². The maximum Gasteiger partial charge on any atom is 0.509 e. The second-order valence-electron chi connectivity index (χ2n) is 25.0. The van der Waals surface area contributed by atoms with Gasteiger partial charge >= 0.3 is 30.0 Å². The predicted molar refractivity (Wildman–Crippen MR) is 347 cm³/mol. The van der Waals surface area contributed by atoms with Crippen molar-refractivity contribution in [3.05, 3.63) is 83.9 Å². The lowest BCUT2D eigenvalue weighted by Gasteiger charge is -2.45. The monoisotopic (exact) mass is 1310 g/mol. The summed E-state index contributed by atoms with van der Waals surface area (Å²) in [7, 11) is 0. The molecule has 3 rings (SSSR count). The van der Waals surface area contributed by atoms with Gasteiger partial charge in [0.1, 0.15) is 49.3 Å². The lowest BCUT2D eigenvalue weighted by Crippen LogP contribution is -2.63. The standard InChI is InChI=1S/C69H106Cl3NO16/c1-9-11-13-15-17-19-21-23-25-27-29-31-39-45-55(84-63(77)52-41-35-33-36-42-52)54(73-57(74)46-40-32-30-28-26-24-22-20-18-16-14-12-10-2)47-82-65-62(87-66(79)83-51-69(70,71)72)61(86-64(78)53-43-37-34-38-44-53)60(81-50-59(76)89-68(6,7)8)56(85-65)48-80-49-58(75)88-67(3,4)5/h33-39,41-45,54-56,60-62,65H,9-32,40,46-51H2,1-8H3,(H,73,74)/t54-,55+,56+,60-,61-,62+,65-/m0/s1. The summed E-state index contributed by atoms with van der Waals surface area (Å²) < 4.78 is 58.0. The third-order valence-corrected chi connectivity index (χ3v) is 14.7. The molecule has 0 aliphatic carbocycles. The second kappa shape index (κ2) is 44.9. The molecule has 1 N–H and O–H groups in total. The number of esters is 4. The number of hydrogen-bond donors (Lipinski definition) is 1. The molecule has 20 heteroatoms. The third kappa shape index (κ3) is 37.6. The minimum absolute atomic E-state index is 0.0758. The lowest BCUT2D eigenvalue weighted by atomic mass is 9.98. The number of rotatable bonds is 45. The maximum atomic E-state index is 14.2. The van der Waals surface area contributed by atoms with Crippen molar-refractivity contribution in [2.24, 2.45) is 0 Å². The van der Waals surface area contributed by atoms with Gasteiger partial charge in [-0.15, -0.1) is 0 Å². The van der Waals surface area contributed by atoms with Crippen LogP contribution in [0.4, 0.5) is 4.79 Å². The summed E-state index contributed by atoms with van der Waals surface area (Å²) >= 11 is 18.0. The van der Waals surface area contributed by atoms with E-state index in [9.17, 15) is 28.8 Å². The van der Waals surface area contributed by atoms with E-state index in [1.807, 2.05) is 6.08 Å². The lowest BCUT2D eigenvalue weighted by molar-refractivity contribution is -0.310. The molecule has 1 fully saturated rings. The van der Waals surface area contributed by atoms with E-state index in [4.69, 9.17) is 82.2 Å². The highest BCUT2D eigenvalue weighted by atomic mass is 35.6. The summed E-state index contributed by atoms with van der Waals surface area (Å²) in [6.07, 6.45) is 21.2. The second-order valence-corrected chi connectivity index (χ2v) is 27.5. The summed E-state index contributed by atoms with van der Waals surface area (Å²) in [5.74, 6) is -3.47. The van der Waals surface area contributed by atoms with E-state index in [-0.39, 0.29) is 23.5 Å². The first-order valence-corrected chi connectivity index (χ1v) is 33.9. The molecular weight excluding hydrogens is 1210 g/mol. The first kappa shape index (κ1) is 78.8. The van der Waals surface area contributed by atoms with Crippen LogP contribution in [0, 0.1) is 0 Å². The van der Waals surface area contributed by atoms with Gasteiger partial charge in [0, 0.05) is 6.42 Å². The van der Waals surface area contributed by atoms with E-state index in [0.29, 0.717) is 12.8 Å². The molecule has 504 valence electrons. The van der Waals surface area contributed by atoms with Gasteiger partial charge < -0.3 is 52.7 Å². The van der Waals surface area contributed by atoms with Crippen molar-refractivity contribution in [1.29, 1.82) is 0 Å². The van der Waals surface area contributed by atoms with Crippen molar-refractivity contribution in [2.75, 3.05) is 33.0 Å². The molecule has 0 radical (unpaired) electrons. The number of carbonyl (C=O) groups excluding carboxylic acids is 6. The van der Waals surface area contributed by atoms with Crippen LogP contribution in [0.15, 0.2) is 72.8 Å². The van der Waals surface area contributed by atoms with Crippen LogP contribution < -0.4 is 5.32 Å². The van der Waals surface area contributed by atoms with Gasteiger partial charge in [-0.25, -0.2) is 24.0 Å². The van der Waals surface area contributed by atoms with Crippen LogP contribution >= 0.6 is 34.8 Å². The molecule has 17 nitrogen and oxygen atoms in total. The van der Waals surface area contributed by atoms with E-state index in [1.165, 1.54) is 108 Å². The van der Waals surface area contributed by atoms with Gasteiger partial charge in [0.15, 0.2) is 18.5 Å². The summed E-state index contributed by atoms with van der Waals surface area (Å²) in [5, 5.41) is 3.09. The zero-order chi connectivity index (χ0) is 65.3. The van der Waals surface area contributed by atoms with Gasteiger partial charge in [0.2, 0.25) is 9.70 Å². The van der Waals surface area contributed by atoms with Crippen molar-refractivity contribution in [3.8, 4) is 0 Å². The van der Waals surface area contributed by atoms with E-state index in [0.717, 1.165) is 51.4 Å². The van der Waals surface area contributed by atoms with Gasteiger partial charge in [-0.1, -0.05) is 232 Å². The number of carbonyl (C=O) groups is 6. The number of halogens is 3. The molecule has 0 aromatic heterocycles. The first-order valence-electron chi connectivity index (χ1n) is 32.8. The molecule has 2 aromatic carbocycles. The molecule has 1 aliphatic rings. The average molecular weight is 1310 g/mol. The molecule has 0 saturated carbocycles. The Labute approximate surface area is 546 Å². The molecule has 89 heavy (non-hydrogen) atoms. The normalized spacial score (nSPS) is 17.8. The largest absolute Gasteiger partial charge is 0.509 e. The Hall–Kier alpha value is -4.49. The van der Waals surface area contributed by atoms with Gasteiger partial charge in [-0.05, 0) is 91.1 Å². The highest BCUT2D eigenvalue weighted by molar-refractivity contribution is 6.67. The van der Waals surface area contributed by atoms with Crippen LogP contribution in [-0.2, 0) is 61.8 Å². The van der Waals surface area contributed by atoms with Crippen LogP contribution in [0.25, 0.3) is 0 Å². The van der Waals surface area contributed by atoms with Crippen molar-refractivity contribution in [1.82, 2.24) is 5.32 Å². The van der Waals surface area contributed by atoms with Crippen LogP contribution in [-0.4, -0.2) is 127 Å². The fourth-order valence-corrected chi connectivity index (χ4v) is 10.2. The molecule has 1 aliphatic heterocycles. The van der Waals surface area contributed by atoms with Crippen molar-refractivity contribution >= 4 is 70.7 Å². The molecule has 0 bridgehead atoms. The number of amides is 1. The molecule has 2 aromatic rings. The smallest absolute Gasteiger partial charge is 0.458 e. The van der Waals surface area contributed by atoms with Crippen LogP contribution in [0.2, 0.25) is 0 Å². The van der Waals surface area contributed by atoms with Crippen molar-refractivity contribution in [2.45, 2.75) is 280 Å². The Morgan fingerprint density at radius 2 is 1.03 bits per heavy atom. The summed E-state index contributed by atoms with van der Waals surface area (Å²) in [6, 6.07) is 15.2. The fourth-order valence-electron chi connectivity index (χ4n) is 10.0. The third-order valence-electron chi connectivity index (χ3n) is 14.4. The van der Waals surface area contributed by atoms with E-state index in [2.05, 4.69) is 19.2 Å². The topological polar surface area (TPSA) is 207 Å². The molecule has 0 spiro atoms. The van der Waals surface area contributed by atoms with Crippen LogP contribution in [0.1, 0.15) is 243 Å². The molecule has 1 heterocycles. The highest BCUT2D eigenvalue weighted by Crippen LogP contribution is 2.33. The van der Waals surface area contributed by atoms with Gasteiger partial charge in [-0.3, -0.25) is 4.79 Å². The minimum atomic E-state index is -2.09. The summed E-state index contributed by atoms with van der Waals surface area (Å²) in [6.45, 7) is 11.5. The fraction of sp³-hybridized carbons (Fsp3) is 0.710. The Morgan fingerprint density at radius 3 is 1.53 bits per heavy atom. The first-order chi connectivity index (χ1) is 42.5. The van der Waals surface area contributed by atoms with Crippen LogP contribution in [0.5, 0.6) is 0 Å². The molecule has 0 unspecified atom stereocenters. The molecule has 1 saturated heterocycles. The Kier molecular flexibility index (Phi) is 39.7. The summed E-state index contributed by atoms with van der Waals surface area (Å²) in [4.78, 5) is 82.7. The van der Waals surface area contributed by atoms with E-state index < -0.39 is 121 Å². The number of alkyl halides is 3. The maximum absolute atomic E-state index is 14.2. The van der Waals surface area contributed by atoms with Gasteiger partial charge in [0.05, 0.1) is 30.4 Å². The Morgan fingerprint density at radius 1 is 0.562 bits per heavy atom. The number of allylic oxidation sites excluding steroid dienone is 1. The van der Waals surface area contributed by atoms with Gasteiger partial charge in [0.25, 0.3) is 0 Å². The number of nitrogens with one attached hydrogen (secondary N) is 1. The zero-order valence-electron chi connectivity index (χ0n) is 54.6. The molecule has 7 atom stereocenters. The molecular formula is C69H106Cl3NO16. The zero-order valence-corrected chi connectivity index (χ0v) is 56.8. The van der Waals surface area contributed by atoms with E-state index in [1.54, 1.807) is 96.1 Å². The van der Waals surface area contributed by atoms with E-state index >= 15 is 0 Å². The number of ether oxygens (including phenoxy) is 10. The minimum Gasteiger partial charge on any atom is -0.458 e. The van der Waals surface area contributed by atoms with Gasteiger partial charge in [-0.2, -0.15) is 0 Å². The Balaban J connectivity index is 2.09. The number of unbranched alkanes of at least 4 members (excludes halogenated alkanes) is 23. The van der Waals surface area contributed by atoms with Crippen molar-refractivity contribution < 1.29 is 76.1 Å².